The van der Waals surface area contributed by atoms with Crippen molar-refractivity contribution < 1.29 is 14.4 Å². The van der Waals surface area contributed by atoms with E-state index in [1.54, 1.807) is 18.2 Å². The maximum absolute atomic E-state index is 12.5. The molecule has 1 aliphatic heterocycles. The Labute approximate surface area is 152 Å². The maximum Gasteiger partial charge on any atom is 0.253 e. The van der Waals surface area contributed by atoms with Crippen LogP contribution in [0.3, 0.4) is 0 Å². The third-order valence-electron chi connectivity index (χ3n) is 4.17. The molecule has 1 aliphatic rings. The number of nitrogens with zero attached hydrogens (tertiary/aromatic N) is 1. The highest BCUT2D eigenvalue weighted by molar-refractivity contribution is 6.34. The molecule has 25 heavy (non-hydrogen) atoms. The molecule has 0 saturated carbocycles. The van der Waals surface area contributed by atoms with E-state index in [-0.39, 0.29) is 28.8 Å². The van der Waals surface area contributed by atoms with Gasteiger partial charge in [0.25, 0.3) is 5.91 Å². The van der Waals surface area contributed by atoms with Gasteiger partial charge in [-0.15, -0.1) is 0 Å². The van der Waals surface area contributed by atoms with E-state index in [4.69, 9.17) is 11.6 Å². The third kappa shape index (κ3) is 5.46. The summed E-state index contributed by atoms with van der Waals surface area (Å²) in [6, 6.07) is 4.73. The lowest BCUT2D eigenvalue weighted by atomic mass is 10.1. The van der Waals surface area contributed by atoms with Crippen LogP contribution in [-0.2, 0) is 9.59 Å². The summed E-state index contributed by atoms with van der Waals surface area (Å²) >= 11 is 6.17. The quantitative estimate of drug-likeness (QED) is 0.842. The van der Waals surface area contributed by atoms with Crippen molar-refractivity contribution in [2.75, 3.05) is 18.4 Å². The Bertz CT molecular complexity index is 663. The first-order chi connectivity index (χ1) is 11.9. The highest BCUT2D eigenvalue weighted by Gasteiger charge is 2.23. The lowest BCUT2D eigenvalue weighted by Crippen LogP contribution is -2.36. The molecule has 0 radical (unpaired) electrons. The predicted octanol–water partition coefficient (Wildman–Crippen LogP) is 2.82. The summed E-state index contributed by atoms with van der Waals surface area (Å²) in [6.45, 7) is 4.87. The van der Waals surface area contributed by atoms with Crippen molar-refractivity contribution in [1.82, 2.24) is 10.2 Å². The SMILES string of the molecule is CCCN1CCC(NC(=O)c2ccc(NC(C)=O)cc2Cl)CCC1=O. The number of benzene rings is 1. The van der Waals surface area contributed by atoms with E-state index >= 15 is 0 Å². The Balaban J connectivity index is 1.99. The summed E-state index contributed by atoms with van der Waals surface area (Å²) in [6.07, 6.45) is 2.74. The number of halogens is 1. The molecule has 1 aromatic carbocycles. The Hall–Kier alpha value is -2.08. The van der Waals surface area contributed by atoms with Crippen molar-refractivity contribution in [3.63, 3.8) is 0 Å². The van der Waals surface area contributed by atoms with Gasteiger partial charge in [0.1, 0.15) is 0 Å². The zero-order valence-corrected chi connectivity index (χ0v) is 15.4. The van der Waals surface area contributed by atoms with Crippen molar-refractivity contribution in [3.8, 4) is 0 Å². The number of rotatable bonds is 5. The van der Waals surface area contributed by atoms with Gasteiger partial charge in [0.05, 0.1) is 10.6 Å². The van der Waals surface area contributed by atoms with Crippen LogP contribution in [0.1, 0.15) is 49.9 Å². The summed E-state index contributed by atoms with van der Waals surface area (Å²) < 4.78 is 0. The van der Waals surface area contributed by atoms with Gasteiger partial charge in [0.15, 0.2) is 0 Å². The number of carbonyl (C=O) groups excluding carboxylic acids is 3. The van der Waals surface area contributed by atoms with Crippen LogP contribution in [0.25, 0.3) is 0 Å². The van der Waals surface area contributed by atoms with Gasteiger partial charge < -0.3 is 15.5 Å². The van der Waals surface area contributed by atoms with E-state index in [1.807, 2.05) is 11.8 Å². The fourth-order valence-corrected chi connectivity index (χ4v) is 3.20. The first kappa shape index (κ1) is 19.2. The van der Waals surface area contributed by atoms with E-state index < -0.39 is 0 Å². The summed E-state index contributed by atoms with van der Waals surface area (Å²) in [5, 5.41) is 5.87. The summed E-state index contributed by atoms with van der Waals surface area (Å²) in [5.74, 6) is -0.315. The molecule has 136 valence electrons. The van der Waals surface area contributed by atoms with E-state index in [2.05, 4.69) is 10.6 Å². The molecule has 0 bridgehead atoms. The molecule has 0 spiro atoms. The van der Waals surface area contributed by atoms with E-state index in [1.165, 1.54) is 6.92 Å². The van der Waals surface area contributed by atoms with Crippen molar-refractivity contribution in [3.05, 3.63) is 28.8 Å². The topological polar surface area (TPSA) is 78.5 Å². The zero-order valence-electron chi connectivity index (χ0n) is 14.6. The number of hydrogen-bond donors (Lipinski definition) is 2. The normalized spacial score (nSPS) is 17.8. The Morgan fingerprint density at radius 1 is 1.32 bits per heavy atom. The lowest BCUT2D eigenvalue weighted by molar-refractivity contribution is -0.130. The van der Waals surface area contributed by atoms with Crippen molar-refractivity contribution in [1.29, 1.82) is 0 Å². The highest BCUT2D eigenvalue weighted by Crippen LogP contribution is 2.22. The minimum Gasteiger partial charge on any atom is -0.349 e. The predicted molar refractivity (Wildman–Crippen MR) is 97.7 cm³/mol. The number of amides is 3. The second-order valence-electron chi connectivity index (χ2n) is 6.25. The molecule has 0 aromatic heterocycles. The maximum atomic E-state index is 12.5. The minimum atomic E-state index is -0.263. The van der Waals surface area contributed by atoms with Crippen molar-refractivity contribution >= 4 is 35.0 Å². The molecular weight excluding hydrogens is 342 g/mol. The average molecular weight is 366 g/mol. The van der Waals surface area contributed by atoms with Gasteiger partial charge in [-0.05, 0) is 37.5 Å². The van der Waals surface area contributed by atoms with Gasteiger partial charge in [-0.25, -0.2) is 0 Å². The van der Waals surface area contributed by atoms with Gasteiger partial charge in [0, 0.05) is 38.2 Å². The molecule has 7 heteroatoms. The molecule has 1 fully saturated rings. The van der Waals surface area contributed by atoms with Gasteiger partial charge in [-0.2, -0.15) is 0 Å². The lowest BCUT2D eigenvalue weighted by Gasteiger charge is -2.20. The largest absolute Gasteiger partial charge is 0.349 e. The van der Waals surface area contributed by atoms with Gasteiger partial charge >= 0.3 is 0 Å². The molecule has 1 atom stereocenters. The Morgan fingerprint density at radius 3 is 2.72 bits per heavy atom. The summed E-state index contributed by atoms with van der Waals surface area (Å²) in [7, 11) is 0. The number of carbonyl (C=O) groups is 3. The zero-order chi connectivity index (χ0) is 18.4. The number of hydrogen-bond acceptors (Lipinski definition) is 3. The van der Waals surface area contributed by atoms with Crippen LogP contribution in [0, 0.1) is 0 Å². The van der Waals surface area contributed by atoms with Crippen LogP contribution < -0.4 is 10.6 Å². The first-order valence-corrected chi connectivity index (χ1v) is 8.94. The third-order valence-corrected chi connectivity index (χ3v) is 4.48. The minimum absolute atomic E-state index is 0.0515. The molecule has 0 aliphatic carbocycles. The second kappa shape index (κ2) is 8.85. The second-order valence-corrected chi connectivity index (χ2v) is 6.66. The molecule has 2 rings (SSSR count). The van der Waals surface area contributed by atoms with E-state index in [0.29, 0.717) is 30.6 Å². The van der Waals surface area contributed by atoms with Crippen LogP contribution in [0.5, 0.6) is 0 Å². The molecule has 6 nitrogen and oxygen atoms in total. The standard InChI is InChI=1S/C18H24ClN3O3/c1-3-9-22-10-8-13(5-7-17(22)24)21-18(25)15-6-4-14(11-16(15)19)20-12(2)23/h4,6,11,13H,3,5,7-10H2,1-2H3,(H,20,23)(H,21,25). The summed E-state index contributed by atoms with van der Waals surface area (Å²) in [5.41, 5.74) is 0.904. The highest BCUT2D eigenvalue weighted by atomic mass is 35.5. The van der Waals surface area contributed by atoms with E-state index in [0.717, 1.165) is 19.4 Å². The average Bonchev–Trinajstić information content (AvgIpc) is 2.70. The van der Waals surface area contributed by atoms with Crippen LogP contribution in [-0.4, -0.2) is 41.8 Å². The molecule has 1 saturated heterocycles. The molecule has 1 aromatic rings. The summed E-state index contributed by atoms with van der Waals surface area (Å²) in [4.78, 5) is 37.5. The van der Waals surface area contributed by atoms with E-state index in [9.17, 15) is 14.4 Å². The van der Waals surface area contributed by atoms with Crippen LogP contribution in [0.2, 0.25) is 5.02 Å². The van der Waals surface area contributed by atoms with Crippen molar-refractivity contribution in [2.24, 2.45) is 0 Å². The Kier molecular flexibility index (Phi) is 6.82. The van der Waals surface area contributed by atoms with Gasteiger partial charge in [0.2, 0.25) is 11.8 Å². The molecular formula is C18H24ClN3O3. The van der Waals surface area contributed by atoms with Gasteiger partial charge in [-0.1, -0.05) is 18.5 Å². The van der Waals surface area contributed by atoms with Crippen LogP contribution in [0.4, 0.5) is 5.69 Å². The first-order valence-electron chi connectivity index (χ1n) is 8.56. The number of nitrogens with one attached hydrogen (secondary N) is 2. The number of likely N-dealkylation sites (tertiary alicyclic amines) is 1. The molecule has 2 N–H and O–H groups in total. The number of anilines is 1. The monoisotopic (exact) mass is 365 g/mol. The van der Waals surface area contributed by atoms with Crippen LogP contribution in [0.15, 0.2) is 18.2 Å². The Morgan fingerprint density at radius 2 is 2.08 bits per heavy atom. The molecule has 3 amide bonds. The van der Waals surface area contributed by atoms with Gasteiger partial charge in [-0.3, -0.25) is 14.4 Å². The molecule has 1 heterocycles. The molecule has 1 unspecified atom stereocenters. The fourth-order valence-electron chi connectivity index (χ4n) is 2.93. The van der Waals surface area contributed by atoms with Crippen LogP contribution >= 0.6 is 11.6 Å². The smallest absolute Gasteiger partial charge is 0.253 e. The van der Waals surface area contributed by atoms with Crippen molar-refractivity contribution in [2.45, 2.75) is 45.6 Å². The fraction of sp³-hybridized carbons (Fsp3) is 0.500.